The van der Waals surface area contributed by atoms with Gasteiger partial charge in [-0.25, -0.2) is 0 Å². The number of fused-ring (bicyclic) bond motifs is 1. The minimum absolute atomic E-state index is 1.24. The van der Waals surface area contributed by atoms with Crippen LogP contribution in [0.25, 0.3) is 10.8 Å². The van der Waals surface area contributed by atoms with Gasteiger partial charge in [0.2, 0.25) is 0 Å². The van der Waals surface area contributed by atoms with Crippen LogP contribution in [0.15, 0.2) is 36.4 Å². The van der Waals surface area contributed by atoms with Crippen molar-refractivity contribution >= 4 is 10.8 Å². The lowest BCUT2D eigenvalue weighted by Crippen LogP contribution is -1.97. The van der Waals surface area contributed by atoms with Crippen LogP contribution in [0.2, 0.25) is 0 Å². The summed E-state index contributed by atoms with van der Waals surface area (Å²) >= 11 is 0. The number of unbranched alkanes of at least 4 members (excludes halogenated alkanes) is 3. The second kappa shape index (κ2) is 7.33. The van der Waals surface area contributed by atoms with Crippen LogP contribution in [0.5, 0.6) is 0 Å². The van der Waals surface area contributed by atoms with E-state index in [0.717, 1.165) is 0 Å². The summed E-state index contributed by atoms with van der Waals surface area (Å²) in [5.41, 5.74) is 3.19. The van der Waals surface area contributed by atoms with E-state index in [4.69, 9.17) is 0 Å². The minimum Gasteiger partial charge on any atom is -0.0654 e. The predicted molar refractivity (Wildman–Crippen MR) is 85.8 cm³/mol. The van der Waals surface area contributed by atoms with Crippen molar-refractivity contribution in [3.05, 3.63) is 47.5 Å². The third kappa shape index (κ3) is 3.59. The van der Waals surface area contributed by atoms with E-state index in [0.29, 0.717) is 0 Å². The van der Waals surface area contributed by atoms with Crippen molar-refractivity contribution in [2.45, 2.75) is 58.8 Å². The number of hydrogen-bond acceptors (Lipinski definition) is 0. The first-order chi connectivity index (χ1) is 9.36. The lowest BCUT2D eigenvalue weighted by molar-refractivity contribution is 0.709. The molecule has 0 amide bonds. The Morgan fingerprint density at radius 3 is 2.32 bits per heavy atom. The number of aryl methyl sites for hydroxylation is 2. The zero-order valence-electron chi connectivity index (χ0n) is 12.4. The molecule has 0 radical (unpaired) electrons. The summed E-state index contributed by atoms with van der Waals surface area (Å²) in [6.45, 7) is 4.56. The number of hydrogen-bond donors (Lipinski definition) is 0. The lowest BCUT2D eigenvalue weighted by atomic mass is 9.92. The van der Waals surface area contributed by atoms with Gasteiger partial charge in [0.05, 0.1) is 0 Å². The summed E-state index contributed by atoms with van der Waals surface area (Å²) in [4.78, 5) is 0. The van der Waals surface area contributed by atoms with E-state index >= 15 is 0 Å². The molecular weight excluding hydrogens is 228 g/mol. The van der Waals surface area contributed by atoms with Gasteiger partial charge >= 0.3 is 0 Å². The van der Waals surface area contributed by atoms with Gasteiger partial charge in [0, 0.05) is 0 Å². The first-order valence-corrected chi connectivity index (χ1v) is 7.86. The Morgan fingerprint density at radius 2 is 1.53 bits per heavy atom. The Labute approximate surface area is 117 Å². The van der Waals surface area contributed by atoms with Gasteiger partial charge in [0.15, 0.2) is 0 Å². The fraction of sp³-hybridized carbons (Fsp3) is 0.474. The maximum atomic E-state index is 2.36. The van der Waals surface area contributed by atoms with E-state index in [1.807, 2.05) is 0 Å². The molecule has 0 heteroatoms. The highest BCUT2D eigenvalue weighted by molar-refractivity contribution is 5.86. The third-order valence-electron chi connectivity index (χ3n) is 3.97. The van der Waals surface area contributed by atoms with Crippen molar-refractivity contribution in [2.75, 3.05) is 0 Å². The largest absolute Gasteiger partial charge is 0.0654 e. The lowest BCUT2D eigenvalue weighted by Gasteiger charge is -2.13. The maximum absolute atomic E-state index is 2.36. The molecule has 0 bridgehead atoms. The van der Waals surface area contributed by atoms with Crippen LogP contribution in [-0.2, 0) is 12.8 Å². The minimum atomic E-state index is 1.24. The van der Waals surface area contributed by atoms with Gasteiger partial charge in [-0.2, -0.15) is 0 Å². The molecule has 2 aromatic rings. The predicted octanol–water partition coefficient (Wildman–Crippen LogP) is 5.92. The molecule has 0 N–H and O–H groups in total. The highest BCUT2D eigenvalue weighted by atomic mass is 14.1. The first-order valence-electron chi connectivity index (χ1n) is 7.86. The molecule has 0 atom stereocenters. The van der Waals surface area contributed by atoms with E-state index in [2.05, 4.69) is 50.2 Å². The van der Waals surface area contributed by atoms with Crippen molar-refractivity contribution < 1.29 is 0 Å². The van der Waals surface area contributed by atoms with Gasteiger partial charge in [-0.1, -0.05) is 69.5 Å². The second-order valence-electron chi connectivity index (χ2n) is 5.49. The summed E-state index contributed by atoms with van der Waals surface area (Å²) in [7, 11) is 0. The van der Waals surface area contributed by atoms with Crippen LogP contribution in [0.3, 0.4) is 0 Å². The average molecular weight is 254 g/mol. The molecule has 0 aromatic heterocycles. The van der Waals surface area contributed by atoms with E-state index in [9.17, 15) is 0 Å². The van der Waals surface area contributed by atoms with Crippen LogP contribution >= 0.6 is 0 Å². The van der Waals surface area contributed by atoms with Gasteiger partial charge < -0.3 is 0 Å². The summed E-state index contributed by atoms with van der Waals surface area (Å²) in [5, 5.41) is 2.87. The molecule has 19 heavy (non-hydrogen) atoms. The van der Waals surface area contributed by atoms with Crippen molar-refractivity contribution in [1.29, 1.82) is 0 Å². The van der Waals surface area contributed by atoms with E-state index in [1.165, 1.54) is 55.7 Å². The van der Waals surface area contributed by atoms with Crippen LogP contribution < -0.4 is 0 Å². The highest BCUT2D eigenvalue weighted by Crippen LogP contribution is 2.25. The van der Waals surface area contributed by atoms with Crippen molar-refractivity contribution in [3.63, 3.8) is 0 Å². The normalized spacial score (nSPS) is 11.1. The Balaban J connectivity index is 2.32. The first kappa shape index (κ1) is 14.1. The zero-order valence-corrected chi connectivity index (χ0v) is 12.4. The van der Waals surface area contributed by atoms with E-state index in [-0.39, 0.29) is 0 Å². The molecule has 0 aliphatic rings. The van der Waals surface area contributed by atoms with Crippen LogP contribution in [0.4, 0.5) is 0 Å². The molecule has 0 fully saturated rings. The van der Waals surface area contributed by atoms with Gasteiger partial charge in [-0.05, 0) is 47.6 Å². The number of benzene rings is 2. The van der Waals surface area contributed by atoms with Crippen LogP contribution in [0, 0.1) is 0 Å². The average Bonchev–Trinajstić information content (AvgIpc) is 2.46. The smallest absolute Gasteiger partial charge is 0.0149 e. The summed E-state index contributed by atoms with van der Waals surface area (Å²) in [6, 6.07) is 13.5. The van der Waals surface area contributed by atoms with E-state index < -0.39 is 0 Å². The standard InChI is InChI=1S/C19H26/c1-3-5-7-10-16-14-15-17-11-8-9-13-19(17)18(16)12-6-4-2/h8-9,11,13-15H,3-7,10,12H2,1-2H3. The summed E-state index contributed by atoms with van der Waals surface area (Å²) < 4.78 is 0. The Bertz CT molecular complexity index is 510. The quantitative estimate of drug-likeness (QED) is 0.538. The highest BCUT2D eigenvalue weighted by Gasteiger charge is 2.07. The van der Waals surface area contributed by atoms with Gasteiger partial charge in [-0.15, -0.1) is 0 Å². The molecule has 0 heterocycles. The summed E-state index contributed by atoms with van der Waals surface area (Å²) in [5.74, 6) is 0. The molecule has 0 aliphatic heterocycles. The monoisotopic (exact) mass is 254 g/mol. The molecule has 0 spiro atoms. The molecule has 0 unspecified atom stereocenters. The van der Waals surface area contributed by atoms with Gasteiger partial charge in [0.25, 0.3) is 0 Å². The maximum Gasteiger partial charge on any atom is -0.0149 e. The molecule has 102 valence electrons. The summed E-state index contributed by atoms with van der Waals surface area (Å²) in [6.07, 6.45) is 9.04. The Kier molecular flexibility index (Phi) is 5.44. The molecule has 2 rings (SSSR count). The zero-order chi connectivity index (χ0) is 13.5. The topological polar surface area (TPSA) is 0 Å². The second-order valence-corrected chi connectivity index (χ2v) is 5.49. The molecule has 0 saturated carbocycles. The fourth-order valence-electron chi connectivity index (χ4n) is 2.83. The third-order valence-corrected chi connectivity index (χ3v) is 3.97. The molecule has 2 aromatic carbocycles. The number of rotatable bonds is 7. The Morgan fingerprint density at radius 1 is 0.737 bits per heavy atom. The van der Waals surface area contributed by atoms with Crippen molar-refractivity contribution in [1.82, 2.24) is 0 Å². The van der Waals surface area contributed by atoms with Gasteiger partial charge in [0.1, 0.15) is 0 Å². The van der Waals surface area contributed by atoms with Crippen LogP contribution in [-0.4, -0.2) is 0 Å². The van der Waals surface area contributed by atoms with Crippen molar-refractivity contribution in [3.8, 4) is 0 Å². The molecule has 0 saturated heterocycles. The molecular formula is C19H26. The van der Waals surface area contributed by atoms with Gasteiger partial charge in [-0.3, -0.25) is 0 Å². The van der Waals surface area contributed by atoms with Crippen molar-refractivity contribution in [2.24, 2.45) is 0 Å². The molecule has 0 nitrogen and oxygen atoms in total. The fourth-order valence-corrected chi connectivity index (χ4v) is 2.83. The van der Waals surface area contributed by atoms with Crippen LogP contribution in [0.1, 0.15) is 57.1 Å². The SMILES string of the molecule is CCCCCc1ccc2ccccc2c1CCCC. The Hall–Kier alpha value is -1.30. The van der Waals surface area contributed by atoms with E-state index in [1.54, 1.807) is 11.1 Å². The molecule has 0 aliphatic carbocycles.